The Morgan fingerprint density at radius 1 is 0.848 bits per heavy atom. The summed E-state index contributed by atoms with van der Waals surface area (Å²) in [7, 11) is -7.93. The second kappa shape index (κ2) is 15.0. The third-order valence-electron chi connectivity index (χ3n) is 4.31. The van der Waals surface area contributed by atoms with Crippen LogP contribution in [0.15, 0.2) is 24.5 Å². The van der Waals surface area contributed by atoms with Crippen LogP contribution in [-0.2, 0) is 20.1 Å². The van der Waals surface area contributed by atoms with E-state index >= 15 is 0 Å². The van der Waals surface area contributed by atoms with Crippen molar-refractivity contribution in [1.82, 2.24) is 4.98 Å². The summed E-state index contributed by atoms with van der Waals surface area (Å²) < 4.78 is 33.1. The van der Waals surface area contributed by atoms with E-state index in [0.29, 0.717) is 16.7 Å². The first kappa shape index (κ1) is 34.9. The average Bonchev–Trinajstić information content (AvgIpc) is 2.49. The van der Waals surface area contributed by atoms with Crippen molar-refractivity contribution < 1.29 is 23.5 Å². The summed E-state index contributed by atoms with van der Waals surface area (Å²) in [6.45, 7) is 19.6. The van der Waals surface area contributed by atoms with Crippen molar-refractivity contribution in [3.63, 3.8) is 0 Å². The van der Waals surface area contributed by atoms with Gasteiger partial charge in [0.2, 0.25) is 0 Å². The minimum atomic E-state index is -3.64. The Labute approximate surface area is 203 Å². The lowest BCUT2D eigenvalue weighted by molar-refractivity contribution is 0.365. The Kier molecular flexibility index (Phi) is 15.9. The number of aryl methyl sites for hydroxylation is 1. The van der Waals surface area contributed by atoms with Gasteiger partial charge in [0, 0.05) is 25.2 Å². The molecule has 0 aromatic carbocycles. The largest absolute Gasteiger partial charge is 0.325 e. The molecule has 196 valence electrons. The summed E-state index contributed by atoms with van der Waals surface area (Å²) in [5.41, 5.74) is 2.12. The second-order valence-corrected chi connectivity index (χ2v) is 21.0. The molecular weight excluding hydrogens is 475 g/mol. The molecular formula is C24H50NO5P3. The van der Waals surface area contributed by atoms with E-state index in [2.05, 4.69) is 52.6 Å². The van der Waals surface area contributed by atoms with E-state index in [9.17, 15) is 13.7 Å². The molecule has 1 unspecified atom stereocenters. The second-order valence-electron chi connectivity index (χ2n) is 12.0. The third-order valence-corrected chi connectivity index (χ3v) is 10.7. The standard InChI is InChI=1S/C12H19N.C11H26O2P2.CH5O3P/c1-12(2,3)8-4-6-11-7-5-9-13-10-11;1-11(2,3)8-7-9-15(6,13)10-14(4,5)12;1-5(2,3)4/h5,7,9-10H,4,6,8H2,1-3H3;7-10H2,1-6H3;1H3,(H2,2,3,4). The van der Waals surface area contributed by atoms with E-state index in [4.69, 9.17) is 9.79 Å². The number of hydrogen-bond acceptors (Lipinski definition) is 4. The van der Waals surface area contributed by atoms with E-state index in [1.165, 1.54) is 18.4 Å². The maximum Gasteiger partial charge on any atom is 0.322 e. The predicted molar refractivity (Wildman–Crippen MR) is 146 cm³/mol. The van der Waals surface area contributed by atoms with Crippen LogP contribution in [-0.4, -0.2) is 53.5 Å². The van der Waals surface area contributed by atoms with Crippen molar-refractivity contribution in [2.24, 2.45) is 10.8 Å². The molecule has 0 aliphatic rings. The first-order valence-corrected chi connectivity index (χ1v) is 18.9. The van der Waals surface area contributed by atoms with E-state index in [0.717, 1.165) is 32.1 Å². The molecule has 6 nitrogen and oxygen atoms in total. The number of aromatic nitrogens is 1. The van der Waals surface area contributed by atoms with Gasteiger partial charge in [-0.25, -0.2) is 0 Å². The fraction of sp³-hybridized carbons (Fsp3) is 0.792. The normalized spacial score (nSPS) is 14.3. The Morgan fingerprint density at radius 2 is 1.30 bits per heavy atom. The molecule has 1 aromatic heterocycles. The minimum absolute atomic E-state index is 0.308. The zero-order valence-electron chi connectivity index (χ0n) is 22.7. The van der Waals surface area contributed by atoms with Crippen LogP contribution >= 0.6 is 21.9 Å². The summed E-state index contributed by atoms with van der Waals surface area (Å²) in [5.74, 6) is 0.435. The van der Waals surface area contributed by atoms with Gasteiger partial charge in [-0.05, 0) is 74.6 Å². The highest BCUT2D eigenvalue weighted by atomic mass is 31.2. The van der Waals surface area contributed by atoms with Crippen LogP contribution in [0.3, 0.4) is 0 Å². The summed E-state index contributed by atoms with van der Waals surface area (Å²) in [6.07, 6.45) is 10.3. The molecule has 0 aliphatic heterocycles. The lowest BCUT2D eigenvalue weighted by Crippen LogP contribution is -2.06. The van der Waals surface area contributed by atoms with E-state index in [1.807, 2.05) is 18.5 Å². The Hall–Kier alpha value is -0.240. The fourth-order valence-corrected chi connectivity index (χ4v) is 10.3. The molecule has 1 rings (SSSR count). The van der Waals surface area contributed by atoms with Crippen molar-refractivity contribution in [2.75, 3.05) is 38.7 Å². The number of rotatable bonds is 8. The van der Waals surface area contributed by atoms with Gasteiger partial charge in [-0.2, -0.15) is 0 Å². The maximum absolute atomic E-state index is 12.1. The molecule has 0 radical (unpaired) electrons. The minimum Gasteiger partial charge on any atom is -0.325 e. The van der Waals surface area contributed by atoms with Crippen LogP contribution in [0.5, 0.6) is 0 Å². The highest BCUT2D eigenvalue weighted by Gasteiger charge is 2.23. The predicted octanol–water partition coefficient (Wildman–Crippen LogP) is 7.63. The van der Waals surface area contributed by atoms with Crippen molar-refractivity contribution in [3.8, 4) is 0 Å². The maximum atomic E-state index is 12.1. The quantitative estimate of drug-likeness (QED) is 0.338. The van der Waals surface area contributed by atoms with Crippen LogP contribution in [0.2, 0.25) is 0 Å². The Balaban J connectivity index is 0. The topological polar surface area (TPSA) is 105 Å². The zero-order valence-corrected chi connectivity index (χ0v) is 25.4. The van der Waals surface area contributed by atoms with Gasteiger partial charge < -0.3 is 18.9 Å². The van der Waals surface area contributed by atoms with E-state index in [1.54, 1.807) is 20.0 Å². The highest BCUT2D eigenvalue weighted by molar-refractivity contribution is 7.79. The molecule has 0 amide bonds. The van der Waals surface area contributed by atoms with Crippen molar-refractivity contribution in [1.29, 1.82) is 0 Å². The smallest absolute Gasteiger partial charge is 0.322 e. The van der Waals surface area contributed by atoms with E-state index in [-0.39, 0.29) is 0 Å². The van der Waals surface area contributed by atoms with Gasteiger partial charge in [0.15, 0.2) is 0 Å². The summed E-state index contributed by atoms with van der Waals surface area (Å²) in [5, 5.41) is 0. The van der Waals surface area contributed by atoms with Crippen LogP contribution in [0.25, 0.3) is 0 Å². The molecule has 33 heavy (non-hydrogen) atoms. The van der Waals surface area contributed by atoms with Gasteiger partial charge in [-0.1, -0.05) is 47.6 Å². The molecule has 9 heteroatoms. The SMILES string of the molecule is CC(C)(C)CCCP(C)(=O)CP(C)(C)=O.CC(C)(C)CCCc1cccnc1.CP(=O)(O)O. The highest BCUT2D eigenvalue weighted by Crippen LogP contribution is 2.56. The van der Waals surface area contributed by atoms with Crippen molar-refractivity contribution >= 4 is 21.9 Å². The van der Waals surface area contributed by atoms with Gasteiger partial charge in [0.25, 0.3) is 0 Å². The molecule has 2 N–H and O–H groups in total. The zero-order chi connectivity index (χ0) is 26.6. The molecule has 0 aliphatic carbocycles. The summed E-state index contributed by atoms with van der Waals surface area (Å²) >= 11 is 0. The molecule has 1 heterocycles. The summed E-state index contributed by atoms with van der Waals surface area (Å²) in [6, 6.07) is 4.15. The lowest BCUT2D eigenvalue weighted by atomic mass is 9.89. The number of hydrogen-bond donors (Lipinski definition) is 2. The fourth-order valence-electron chi connectivity index (χ4n) is 3.10. The molecule has 0 saturated heterocycles. The van der Waals surface area contributed by atoms with Gasteiger partial charge in [0.05, 0.1) is 20.2 Å². The summed E-state index contributed by atoms with van der Waals surface area (Å²) in [4.78, 5) is 19.4. The van der Waals surface area contributed by atoms with Crippen molar-refractivity contribution in [2.45, 2.75) is 73.6 Å². The van der Waals surface area contributed by atoms with Crippen LogP contribution in [0, 0.1) is 10.8 Å². The van der Waals surface area contributed by atoms with Crippen molar-refractivity contribution in [3.05, 3.63) is 30.1 Å². The third kappa shape index (κ3) is 34.0. The number of nitrogens with zero attached hydrogens (tertiary/aromatic N) is 1. The first-order chi connectivity index (χ1) is 14.5. The monoisotopic (exact) mass is 525 g/mol. The van der Waals surface area contributed by atoms with E-state index < -0.39 is 21.9 Å². The molecule has 0 bridgehead atoms. The van der Waals surface area contributed by atoms with Gasteiger partial charge in [-0.3, -0.25) is 9.55 Å². The molecule has 1 atom stereocenters. The first-order valence-electron chi connectivity index (χ1n) is 11.5. The van der Waals surface area contributed by atoms with Crippen LogP contribution < -0.4 is 0 Å². The van der Waals surface area contributed by atoms with Gasteiger partial charge in [0.1, 0.15) is 0 Å². The molecule has 1 aromatic rings. The van der Waals surface area contributed by atoms with Crippen LogP contribution in [0.4, 0.5) is 0 Å². The van der Waals surface area contributed by atoms with Gasteiger partial charge in [-0.15, -0.1) is 0 Å². The molecule has 0 spiro atoms. The Morgan fingerprint density at radius 3 is 1.67 bits per heavy atom. The Bertz CT molecular complexity index is 778. The number of pyridine rings is 1. The van der Waals surface area contributed by atoms with Gasteiger partial charge >= 0.3 is 7.60 Å². The average molecular weight is 526 g/mol. The van der Waals surface area contributed by atoms with Crippen LogP contribution in [0.1, 0.15) is 72.8 Å². The lowest BCUT2D eigenvalue weighted by Gasteiger charge is -2.20. The molecule has 0 fully saturated rings. The molecule has 0 saturated carbocycles.